The second-order valence-electron chi connectivity index (χ2n) is 8.28. The van der Waals surface area contributed by atoms with Crippen LogP contribution >= 0.6 is 0 Å². The standard InChI is InChI=1S/C22H31N3O3/c1-17(26)23-11-13-25(14-12-23)22(27)18-5-7-20(8-6-18)28-21-15-19(16-21)24-9-3-2-4-10-24/h5-8,19,21H,2-4,9-16H2,1H3/t19-,21-. The zero-order valence-corrected chi connectivity index (χ0v) is 16.8. The molecule has 0 unspecified atom stereocenters. The number of piperazine rings is 1. The highest BCUT2D eigenvalue weighted by molar-refractivity contribution is 5.94. The Bertz CT molecular complexity index is 685. The molecule has 1 aromatic rings. The minimum absolute atomic E-state index is 0.0311. The Morgan fingerprint density at radius 1 is 0.857 bits per heavy atom. The third-order valence-electron chi connectivity index (χ3n) is 6.39. The summed E-state index contributed by atoms with van der Waals surface area (Å²) in [6.45, 7) is 6.48. The summed E-state index contributed by atoms with van der Waals surface area (Å²) in [5.41, 5.74) is 0.684. The molecule has 1 aromatic carbocycles. The van der Waals surface area contributed by atoms with E-state index >= 15 is 0 Å². The number of carbonyl (C=O) groups is 2. The van der Waals surface area contributed by atoms with Crippen molar-refractivity contribution in [3.05, 3.63) is 29.8 Å². The molecule has 6 nitrogen and oxygen atoms in total. The van der Waals surface area contributed by atoms with Crippen molar-refractivity contribution in [3.63, 3.8) is 0 Å². The van der Waals surface area contributed by atoms with E-state index in [4.69, 9.17) is 4.74 Å². The molecule has 2 aliphatic heterocycles. The third-order valence-corrected chi connectivity index (χ3v) is 6.39. The summed E-state index contributed by atoms with van der Waals surface area (Å²) in [6, 6.07) is 8.23. The molecule has 28 heavy (non-hydrogen) atoms. The Hall–Kier alpha value is -2.08. The molecular formula is C22H31N3O3. The number of benzene rings is 1. The quantitative estimate of drug-likeness (QED) is 0.799. The van der Waals surface area contributed by atoms with Crippen LogP contribution < -0.4 is 4.74 Å². The van der Waals surface area contributed by atoms with Crippen LogP contribution in [0.1, 0.15) is 49.4 Å². The fourth-order valence-corrected chi connectivity index (χ4v) is 4.49. The topological polar surface area (TPSA) is 53.1 Å². The number of nitrogens with zero attached hydrogens (tertiary/aromatic N) is 3. The van der Waals surface area contributed by atoms with Crippen molar-refractivity contribution >= 4 is 11.8 Å². The van der Waals surface area contributed by atoms with Gasteiger partial charge in [0.2, 0.25) is 5.91 Å². The van der Waals surface area contributed by atoms with E-state index in [0.29, 0.717) is 43.9 Å². The van der Waals surface area contributed by atoms with Crippen molar-refractivity contribution in [2.24, 2.45) is 0 Å². The summed E-state index contributed by atoms with van der Waals surface area (Å²) >= 11 is 0. The van der Waals surface area contributed by atoms with E-state index in [9.17, 15) is 9.59 Å². The second kappa shape index (κ2) is 8.52. The first-order valence-corrected chi connectivity index (χ1v) is 10.7. The van der Waals surface area contributed by atoms with Gasteiger partial charge in [-0.05, 0) is 50.2 Å². The highest BCUT2D eigenvalue weighted by Gasteiger charge is 2.35. The van der Waals surface area contributed by atoms with Crippen LogP contribution in [-0.4, -0.2) is 77.9 Å². The van der Waals surface area contributed by atoms with Crippen LogP contribution in [-0.2, 0) is 4.79 Å². The molecule has 0 N–H and O–H groups in total. The van der Waals surface area contributed by atoms with Crippen molar-refractivity contribution < 1.29 is 14.3 Å². The molecule has 152 valence electrons. The van der Waals surface area contributed by atoms with Gasteiger partial charge < -0.3 is 19.4 Å². The van der Waals surface area contributed by atoms with Gasteiger partial charge in [-0.25, -0.2) is 0 Å². The molecule has 0 atom stereocenters. The molecule has 6 heteroatoms. The maximum atomic E-state index is 12.7. The number of likely N-dealkylation sites (tertiary alicyclic amines) is 1. The molecule has 1 aliphatic carbocycles. The van der Waals surface area contributed by atoms with Gasteiger partial charge in [0.1, 0.15) is 11.9 Å². The minimum atomic E-state index is 0.0311. The fraction of sp³-hybridized carbons (Fsp3) is 0.636. The van der Waals surface area contributed by atoms with Gasteiger partial charge in [-0.15, -0.1) is 0 Å². The van der Waals surface area contributed by atoms with Crippen molar-refractivity contribution in [1.82, 2.24) is 14.7 Å². The van der Waals surface area contributed by atoms with Crippen LogP contribution in [0.5, 0.6) is 5.75 Å². The average Bonchev–Trinajstić information content (AvgIpc) is 2.71. The molecule has 3 fully saturated rings. The van der Waals surface area contributed by atoms with Crippen molar-refractivity contribution in [2.75, 3.05) is 39.3 Å². The predicted octanol–water partition coefficient (Wildman–Crippen LogP) is 2.39. The summed E-state index contributed by atoms with van der Waals surface area (Å²) in [5.74, 6) is 0.954. The number of carbonyl (C=O) groups excluding carboxylic acids is 2. The lowest BCUT2D eigenvalue weighted by Crippen LogP contribution is -2.50. The van der Waals surface area contributed by atoms with E-state index in [1.807, 2.05) is 29.2 Å². The van der Waals surface area contributed by atoms with E-state index in [2.05, 4.69) is 4.90 Å². The van der Waals surface area contributed by atoms with Gasteiger partial charge in [0.25, 0.3) is 5.91 Å². The molecule has 4 rings (SSSR count). The lowest BCUT2D eigenvalue weighted by atomic mass is 9.86. The molecule has 2 amide bonds. The molecule has 0 spiro atoms. The molecule has 3 aliphatic rings. The molecule has 2 heterocycles. The van der Waals surface area contributed by atoms with Gasteiger partial charge in [-0.3, -0.25) is 9.59 Å². The molecule has 0 aromatic heterocycles. The Labute approximate surface area is 167 Å². The predicted molar refractivity (Wildman–Crippen MR) is 107 cm³/mol. The number of ether oxygens (including phenoxy) is 1. The Morgan fingerprint density at radius 2 is 1.46 bits per heavy atom. The van der Waals surface area contributed by atoms with Gasteiger partial charge in [0, 0.05) is 57.5 Å². The van der Waals surface area contributed by atoms with Crippen molar-refractivity contribution in [2.45, 2.75) is 51.2 Å². The largest absolute Gasteiger partial charge is 0.490 e. The molecule has 2 saturated heterocycles. The van der Waals surface area contributed by atoms with Gasteiger partial charge in [0.05, 0.1) is 0 Å². The monoisotopic (exact) mass is 385 g/mol. The highest BCUT2D eigenvalue weighted by Crippen LogP contribution is 2.31. The first-order valence-electron chi connectivity index (χ1n) is 10.7. The number of piperidine rings is 1. The van der Waals surface area contributed by atoms with E-state index < -0.39 is 0 Å². The normalized spacial score (nSPS) is 25.9. The zero-order chi connectivity index (χ0) is 19.5. The van der Waals surface area contributed by atoms with Crippen LogP contribution in [0.2, 0.25) is 0 Å². The van der Waals surface area contributed by atoms with Gasteiger partial charge >= 0.3 is 0 Å². The molecule has 1 saturated carbocycles. The van der Waals surface area contributed by atoms with E-state index in [1.165, 1.54) is 32.4 Å². The number of hydrogen-bond donors (Lipinski definition) is 0. The molecule has 0 radical (unpaired) electrons. The van der Waals surface area contributed by atoms with Crippen LogP contribution in [0.15, 0.2) is 24.3 Å². The van der Waals surface area contributed by atoms with Crippen LogP contribution in [0.25, 0.3) is 0 Å². The van der Waals surface area contributed by atoms with Crippen molar-refractivity contribution in [3.8, 4) is 5.75 Å². The van der Waals surface area contributed by atoms with Gasteiger partial charge in [0.15, 0.2) is 0 Å². The lowest BCUT2D eigenvalue weighted by Gasteiger charge is -2.44. The summed E-state index contributed by atoms with van der Waals surface area (Å²) < 4.78 is 6.10. The third kappa shape index (κ3) is 4.32. The maximum absolute atomic E-state index is 12.7. The Balaban J connectivity index is 1.24. The zero-order valence-electron chi connectivity index (χ0n) is 16.8. The summed E-state index contributed by atoms with van der Waals surface area (Å²) in [7, 11) is 0. The van der Waals surface area contributed by atoms with Crippen LogP contribution in [0, 0.1) is 0 Å². The number of amides is 2. The summed E-state index contributed by atoms with van der Waals surface area (Å²) in [6.07, 6.45) is 6.57. The van der Waals surface area contributed by atoms with Crippen LogP contribution in [0.4, 0.5) is 0 Å². The number of hydrogen-bond acceptors (Lipinski definition) is 4. The minimum Gasteiger partial charge on any atom is -0.490 e. The van der Waals surface area contributed by atoms with E-state index in [-0.39, 0.29) is 11.8 Å². The smallest absolute Gasteiger partial charge is 0.253 e. The van der Waals surface area contributed by atoms with Crippen molar-refractivity contribution in [1.29, 1.82) is 0 Å². The first-order chi connectivity index (χ1) is 13.6. The van der Waals surface area contributed by atoms with Gasteiger partial charge in [-0.2, -0.15) is 0 Å². The van der Waals surface area contributed by atoms with E-state index in [1.54, 1.807) is 11.8 Å². The highest BCUT2D eigenvalue weighted by atomic mass is 16.5. The van der Waals surface area contributed by atoms with Crippen LogP contribution in [0.3, 0.4) is 0 Å². The number of rotatable bonds is 4. The SMILES string of the molecule is CC(=O)N1CCN(C(=O)c2ccc(O[C@H]3C[C@H](N4CCCCC4)C3)cc2)CC1. The molecular weight excluding hydrogens is 354 g/mol. The Kier molecular flexibility index (Phi) is 5.85. The van der Waals surface area contributed by atoms with Gasteiger partial charge in [-0.1, -0.05) is 6.42 Å². The summed E-state index contributed by atoms with van der Waals surface area (Å²) in [4.78, 5) is 30.3. The van der Waals surface area contributed by atoms with E-state index in [0.717, 1.165) is 18.6 Å². The average molecular weight is 386 g/mol. The maximum Gasteiger partial charge on any atom is 0.253 e. The summed E-state index contributed by atoms with van der Waals surface area (Å²) in [5, 5.41) is 0. The first kappa shape index (κ1) is 19.2. The fourth-order valence-electron chi connectivity index (χ4n) is 4.49. The lowest BCUT2D eigenvalue weighted by molar-refractivity contribution is -0.130. The second-order valence-corrected chi connectivity index (χ2v) is 8.28. The molecule has 0 bridgehead atoms. The Morgan fingerprint density at radius 3 is 2.07 bits per heavy atom.